The van der Waals surface area contributed by atoms with Gasteiger partial charge in [0.15, 0.2) is 6.04 Å². The summed E-state index contributed by atoms with van der Waals surface area (Å²) in [5.74, 6) is -2.42. The van der Waals surface area contributed by atoms with Crippen LogP contribution in [-0.2, 0) is 32.7 Å². The fourth-order valence-corrected chi connectivity index (χ4v) is 7.44. The van der Waals surface area contributed by atoms with Crippen LogP contribution in [0.4, 0.5) is 0 Å². The molecule has 0 fully saturated rings. The van der Waals surface area contributed by atoms with E-state index >= 15 is 0 Å². The smallest absolute Gasteiger partial charge is 0.472 e. The van der Waals surface area contributed by atoms with E-state index in [1.165, 1.54) is 96.3 Å². The van der Waals surface area contributed by atoms with Crippen LogP contribution in [0, 0.1) is 0 Å². The Labute approximate surface area is 389 Å². The number of carbonyl (C=O) groups excluding carboxylic acids is 2. The number of aliphatic carboxylic acids is 1. The van der Waals surface area contributed by atoms with Gasteiger partial charge in [0.25, 0.3) is 0 Å². The van der Waals surface area contributed by atoms with Crippen molar-refractivity contribution in [1.29, 1.82) is 0 Å². The van der Waals surface area contributed by atoms with Crippen molar-refractivity contribution in [2.24, 2.45) is 0 Å². The van der Waals surface area contributed by atoms with Crippen LogP contribution in [0.5, 0.6) is 0 Å². The molecule has 12 heteroatoms. The second kappa shape index (κ2) is 46.4. The average Bonchev–Trinajstić information content (AvgIpc) is 3.27. The van der Waals surface area contributed by atoms with Gasteiger partial charge in [0.1, 0.15) is 12.7 Å². The Morgan fingerprint density at radius 1 is 0.516 bits per heavy atom. The van der Waals surface area contributed by atoms with Crippen molar-refractivity contribution in [3.63, 3.8) is 0 Å². The van der Waals surface area contributed by atoms with Crippen LogP contribution in [-0.4, -0.2) is 64.9 Å². The molecule has 0 rings (SSSR count). The van der Waals surface area contributed by atoms with Crippen LogP contribution in [0.25, 0.3) is 0 Å². The minimum absolute atomic E-state index is 0.143. The van der Waals surface area contributed by atoms with E-state index in [9.17, 15) is 34.1 Å². The maximum Gasteiger partial charge on any atom is 0.472 e. The van der Waals surface area contributed by atoms with Gasteiger partial charge in [0.2, 0.25) is 5.91 Å². The second-order valence-corrected chi connectivity index (χ2v) is 18.1. The van der Waals surface area contributed by atoms with Crippen molar-refractivity contribution >= 4 is 25.7 Å². The normalized spacial score (nSPS) is 14.2. The monoisotopic (exact) mass is 920 g/mol. The molecule has 0 aromatic rings. The van der Waals surface area contributed by atoms with Gasteiger partial charge in [-0.3, -0.25) is 18.6 Å². The first-order valence-corrected chi connectivity index (χ1v) is 26.5. The van der Waals surface area contributed by atoms with Crippen LogP contribution in [0.15, 0.2) is 72.9 Å². The first-order chi connectivity index (χ1) is 31.1. The van der Waals surface area contributed by atoms with Gasteiger partial charge in [0, 0.05) is 12.8 Å². The van der Waals surface area contributed by atoms with E-state index in [1.807, 2.05) is 0 Å². The first kappa shape index (κ1) is 60.9. The molecular formula is C52H90NO10P. The van der Waals surface area contributed by atoms with Crippen molar-refractivity contribution < 1.29 is 47.8 Å². The summed E-state index contributed by atoms with van der Waals surface area (Å²) < 4.78 is 26.9. The van der Waals surface area contributed by atoms with Gasteiger partial charge in [-0.2, -0.15) is 0 Å². The number of hydrogen-bond acceptors (Lipinski definition) is 8. The van der Waals surface area contributed by atoms with Crippen molar-refractivity contribution in [2.45, 2.75) is 219 Å². The molecule has 0 radical (unpaired) electrons. The zero-order valence-corrected chi connectivity index (χ0v) is 41.0. The Hall–Kier alpha value is -3.08. The topological polar surface area (TPSA) is 169 Å². The number of esters is 1. The summed E-state index contributed by atoms with van der Waals surface area (Å²) in [5.41, 5.74) is 0. The van der Waals surface area contributed by atoms with Gasteiger partial charge in [-0.25, -0.2) is 9.36 Å². The molecule has 0 aliphatic heterocycles. The third kappa shape index (κ3) is 45.5. The Kier molecular flexibility index (Phi) is 44.2. The standard InChI is InChI=1S/C52H90NO10P/c1-3-5-7-9-11-13-15-17-19-21-23-24-26-28-30-32-34-36-38-40-42-44-51(56)61-45-48(54)46-62-64(59,60)63-47-49(52(57)58)53-50(55)43-41-39-37-35-33-31-29-27-25-22-20-18-16-14-12-10-8-6-4-2/h5,7,11,13,17,19,23-24,28,30,34,36,48-49,54H,3-4,6,8-10,12,14-16,18,20-22,25-27,29,31-33,35,37-47H2,1-2H3,(H,53,55)(H,57,58)(H,59,60)/b7-5-,13-11-,19-17-,24-23-,30-28-,36-34-. The van der Waals surface area contributed by atoms with E-state index in [2.05, 4.69) is 92.1 Å². The van der Waals surface area contributed by atoms with Gasteiger partial charge in [0.05, 0.1) is 13.2 Å². The van der Waals surface area contributed by atoms with E-state index in [-0.39, 0.29) is 12.8 Å². The van der Waals surface area contributed by atoms with E-state index in [4.69, 9.17) is 13.8 Å². The Bertz CT molecular complexity index is 1360. The highest BCUT2D eigenvalue weighted by Crippen LogP contribution is 2.43. The zero-order chi connectivity index (χ0) is 47.0. The number of carboxylic acid groups (broad SMARTS) is 1. The van der Waals surface area contributed by atoms with Crippen molar-refractivity contribution in [3.05, 3.63) is 72.9 Å². The Morgan fingerprint density at radius 2 is 0.906 bits per heavy atom. The number of carboxylic acids is 1. The molecule has 0 spiro atoms. The van der Waals surface area contributed by atoms with E-state index in [1.54, 1.807) is 0 Å². The molecular weight excluding hydrogens is 830 g/mol. The average molecular weight is 920 g/mol. The van der Waals surface area contributed by atoms with Crippen molar-refractivity contribution in [1.82, 2.24) is 5.32 Å². The number of hydrogen-bond donors (Lipinski definition) is 4. The zero-order valence-electron chi connectivity index (χ0n) is 40.1. The number of unbranched alkanes of at least 4 members (excludes halogenated alkanes) is 20. The molecule has 0 bridgehead atoms. The molecule has 3 unspecified atom stereocenters. The summed E-state index contributed by atoms with van der Waals surface area (Å²) in [7, 11) is -4.77. The molecule has 368 valence electrons. The number of aliphatic hydroxyl groups excluding tert-OH is 1. The predicted molar refractivity (Wildman–Crippen MR) is 263 cm³/mol. The number of nitrogens with one attached hydrogen (secondary N) is 1. The number of carbonyl (C=O) groups is 3. The molecule has 64 heavy (non-hydrogen) atoms. The van der Waals surface area contributed by atoms with Gasteiger partial charge in [-0.05, 0) is 64.2 Å². The van der Waals surface area contributed by atoms with Crippen LogP contribution in [0.1, 0.15) is 206 Å². The molecule has 0 aliphatic carbocycles. The summed E-state index contributed by atoms with van der Waals surface area (Å²) >= 11 is 0. The Morgan fingerprint density at radius 3 is 1.34 bits per heavy atom. The van der Waals surface area contributed by atoms with Gasteiger partial charge < -0.3 is 25.2 Å². The maximum atomic E-state index is 12.4. The number of aliphatic hydroxyl groups is 1. The largest absolute Gasteiger partial charge is 0.480 e. The SMILES string of the molecule is CC/C=C\C/C=C\C/C=C\C/C=C\C/C=C\C/C=C\CCCCC(=O)OCC(O)COP(=O)(O)OCC(NC(=O)CCCCCCCCCCCCCCCCCCCCC)C(=O)O. The molecule has 1 amide bonds. The minimum Gasteiger partial charge on any atom is -0.480 e. The lowest BCUT2D eigenvalue weighted by molar-refractivity contribution is -0.147. The molecule has 0 saturated heterocycles. The number of rotatable bonds is 46. The van der Waals surface area contributed by atoms with Gasteiger partial charge in [-0.15, -0.1) is 0 Å². The highest BCUT2D eigenvalue weighted by molar-refractivity contribution is 7.47. The predicted octanol–water partition coefficient (Wildman–Crippen LogP) is 13.7. The fraction of sp³-hybridized carbons (Fsp3) is 0.712. The number of phosphoric acid groups is 1. The summed E-state index contributed by atoms with van der Waals surface area (Å²) in [6.07, 6.45) is 56.4. The maximum absolute atomic E-state index is 12.4. The van der Waals surface area contributed by atoms with Gasteiger partial charge >= 0.3 is 19.8 Å². The van der Waals surface area contributed by atoms with Crippen LogP contribution >= 0.6 is 7.82 Å². The van der Waals surface area contributed by atoms with Crippen LogP contribution < -0.4 is 5.32 Å². The van der Waals surface area contributed by atoms with E-state index < -0.39 is 57.6 Å². The molecule has 3 atom stereocenters. The summed E-state index contributed by atoms with van der Waals surface area (Å²) in [4.78, 5) is 46.1. The fourth-order valence-electron chi connectivity index (χ4n) is 6.67. The molecule has 11 nitrogen and oxygen atoms in total. The molecule has 4 N–H and O–H groups in total. The first-order valence-electron chi connectivity index (χ1n) is 25.0. The van der Waals surface area contributed by atoms with Crippen molar-refractivity contribution in [3.8, 4) is 0 Å². The quantitative estimate of drug-likeness (QED) is 0.0200. The van der Waals surface area contributed by atoms with Crippen LogP contribution in [0.3, 0.4) is 0 Å². The third-order valence-corrected chi connectivity index (χ3v) is 11.5. The molecule has 0 saturated carbocycles. The molecule has 0 aromatic heterocycles. The van der Waals surface area contributed by atoms with Gasteiger partial charge in [-0.1, -0.05) is 202 Å². The lowest BCUT2D eigenvalue weighted by Gasteiger charge is -2.18. The van der Waals surface area contributed by atoms with Crippen LogP contribution in [0.2, 0.25) is 0 Å². The highest BCUT2D eigenvalue weighted by atomic mass is 31.2. The number of amides is 1. The van der Waals surface area contributed by atoms with E-state index in [0.29, 0.717) is 12.8 Å². The summed E-state index contributed by atoms with van der Waals surface area (Å²) in [6, 6.07) is -1.55. The second-order valence-electron chi connectivity index (χ2n) is 16.6. The third-order valence-electron chi connectivity index (χ3n) is 10.5. The Balaban J connectivity index is 3.91. The van der Waals surface area contributed by atoms with E-state index in [0.717, 1.165) is 70.6 Å². The molecule has 0 heterocycles. The lowest BCUT2D eigenvalue weighted by Crippen LogP contribution is -2.43. The molecule has 0 aromatic carbocycles. The number of allylic oxidation sites excluding steroid dienone is 12. The highest BCUT2D eigenvalue weighted by Gasteiger charge is 2.28. The number of ether oxygens (including phenoxy) is 1. The molecule has 0 aliphatic rings. The number of phosphoric ester groups is 1. The summed E-state index contributed by atoms with van der Waals surface area (Å²) in [6.45, 7) is 2.46. The lowest BCUT2D eigenvalue weighted by atomic mass is 10.0. The minimum atomic E-state index is -4.77. The van der Waals surface area contributed by atoms with Crippen molar-refractivity contribution in [2.75, 3.05) is 19.8 Å². The summed E-state index contributed by atoms with van der Waals surface area (Å²) in [5, 5.41) is 21.9.